The Morgan fingerprint density at radius 2 is 2.07 bits per heavy atom. The zero-order chi connectivity index (χ0) is 11.0. The van der Waals surface area contributed by atoms with Gasteiger partial charge in [0.1, 0.15) is 0 Å². The number of aliphatic hydroxyl groups excluding tert-OH is 1. The summed E-state index contributed by atoms with van der Waals surface area (Å²) < 4.78 is 0. The fraction of sp³-hybridized carbons (Fsp3) is 0.900. The molecule has 0 aliphatic heterocycles. The van der Waals surface area contributed by atoms with Crippen LogP contribution >= 0.6 is 12.2 Å². The highest BCUT2D eigenvalue weighted by Crippen LogP contribution is 1.92. The van der Waals surface area contributed by atoms with Crippen LogP contribution in [0.5, 0.6) is 0 Å². The second kappa shape index (κ2) is 8.15. The van der Waals surface area contributed by atoms with Crippen LogP contribution in [0.1, 0.15) is 26.7 Å². The van der Waals surface area contributed by atoms with Crippen molar-refractivity contribution in [3.63, 3.8) is 0 Å². The minimum atomic E-state index is 0.0767. The topological polar surface area (TPSA) is 35.5 Å². The Morgan fingerprint density at radius 3 is 2.57 bits per heavy atom. The van der Waals surface area contributed by atoms with E-state index in [2.05, 4.69) is 31.4 Å². The first-order valence-electron chi connectivity index (χ1n) is 5.16. The summed E-state index contributed by atoms with van der Waals surface area (Å²) in [6.07, 6.45) is 2.31. The Morgan fingerprint density at radius 1 is 1.43 bits per heavy atom. The number of unbranched alkanes of at least 4 members (excludes halogenated alkanes) is 1. The van der Waals surface area contributed by atoms with Gasteiger partial charge in [-0.1, -0.05) is 13.8 Å². The van der Waals surface area contributed by atoms with Crippen molar-refractivity contribution in [1.82, 2.24) is 10.2 Å². The SMILES string of the molecule is CC(C)NCCCCN(C)CC(O)=S. The van der Waals surface area contributed by atoms with E-state index >= 15 is 0 Å². The minimum absolute atomic E-state index is 0.0767. The Balaban J connectivity index is 3.23. The highest BCUT2D eigenvalue weighted by Gasteiger charge is 2.00. The summed E-state index contributed by atoms with van der Waals surface area (Å²) in [5.41, 5.74) is 0. The molecule has 14 heavy (non-hydrogen) atoms. The molecule has 0 amide bonds. The van der Waals surface area contributed by atoms with E-state index in [9.17, 15) is 0 Å². The van der Waals surface area contributed by atoms with Crippen LogP contribution in [0, 0.1) is 0 Å². The monoisotopic (exact) mass is 218 g/mol. The number of likely N-dealkylation sites (N-methyl/N-ethyl adjacent to an activating group) is 1. The molecule has 0 radical (unpaired) electrons. The van der Waals surface area contributed by atoms with Crippen LogP contribution in [0.25, 0.3) is 0 Å². The molecule has 0 saturated heterocycles. The molecule has 4 heteroatoms. The molecule has 0 unspecified atom stereocenters. The lowest BCUT2D eigenvalue weighted by atomic mass is 10.3. The van der Waals surface area contributed by atoms with E-state index < -0.39 is 0 Å². The summed E-state index contributed by atoms with van der Waals surface area (Å²) in [5.74, 6) is 0. The summed E-state index contributed by atoms with van der Waals surface area (Å²) >= 11 is 4.61. The molecule has 0 aromatic carbocycles. The zero-order valence-corrected chi connectivity index (χ0v) is 10.2. The molecule has 0 rings (SSSR count). The van der Waals surface area contributed by atoms with Gasteiger partial charge in [0, 0.05) is 6.04 Å². The van der Waals surface area contributed by atoms with E-state index in [0.717, 1.165) is 19.5 Å². The molecule has 3 nitrogen and oxygen atoms in total. The number of hydrogen-bond acceptors (Lipinski definition) is 3. The molecule has 0 bridgehead atoms. The van der Waals surface area contributed by atoms with Crippen LogP contribution in [-0.4, -0.2) is 47.8 Å². The highest BCUT2D eigenvalue weighted by atomic mass is 32.1. The largest absolute Gasteiger partial charge is 0.501 e. The third-order valence-electron chi connectivity index (χ3n) is 1.92. The van der Waals surface area contributed by atoms with Crippen molar-refractivity contribution in [2.45, 2.75) is 32.7 Å². The van der Waals surface area contributed by atoms with Gasteiger partial charge in [-0.2, -0.15) is 0 Å². The Kier molecular flexibility index (Phi) is 8.04. The molecule has 0 aromatic heterocycles. The van der Waals surface area contributed by atoms with Gasteiger partial charge in [-0.05, 0) is 45.2 Å². The summed E-state index contributed by atoms with van der Waals surface area (Å²) in [5, 5.41) is 12.3. The van der Waals surface area contributed by atoms with Gasteiger partial charge in [0.2, 0.25) is 0 Å². The fourth-order valence-corrected chi connectivity index (χ4v) is 1.43. The first-order chi connectivity index (χ1) is 6.52. The standard InChI is InChI=1S/C10H22N2OS/c1-9(2)11-6-4-5-7-12(3)8-10(13)14/h9,11H,4-8H2,1-3H3,(H,13,14). The van der Waals surface area contributed by atoms with Crippen molar-refractivity contribution in [1.29, 1.82) is 0 Å². The Labute approximate surface area is 92.5 Å². The minimum Gasteiger partial charge on any atom is -0.501 e. The van der Waals surface area contributed by atoms with Crippen LogP contribution in [-0.2, 0) is 0 Å². The number of aliphatic hydroxyl groups is 1. The summed E-state index contributed by atoms with van der Waals surface area (Å²) in [7, 11) is 1.97. The Hall–Kier alpha value is -0.190. The van der Waals surface area contributed by atoms with Gasteiger partial charge >= 0.3 is 0 Å². The van der Waals surface area contributed by atoms with E-state index in [1.54, 1.807) is 0 Å². The molecule has 0 saturated carbocycles. The molecular weight excluding hydrogens is 196 g/mol. The Bertz CT molecular complexity index is 162. The average molecular weight is 218 g/mol. The van der Waals surface area contributed by atoms with Crippen LogP contribution in [0.3, 0.4) is 0 Å². The molecule has 0 heterocycles. The normalized spacial score (nSPS) is 11.2. The second-order valence-corrected chi connectivity index (χ2v) is 4.42. The van der Waals surface area contributed by atoms with E-state index in [4.69, 9.17) is 5.11 Å². The molecule has 0 aromatic rings. The average Bonchev–Trinajstić information content (AvgIpc) is 2.01. The van der Waals surface area contributed by atoms with E-state index in [1.165, 1.54) is 6.42 Å². The van der Waals surface area contributed by atoms with Crippen LogP contribution in [0.15, 0.2) is 0 Å². The quantitative estimate of drug-likeness (QED) is 0.479. The van der Waals surface area contributed by atoms with Crippen LogP contribution in [0.2, 0.25) is 0 Å². The van der Waals surface area contributed by atoms with E-state index in [-0.39, 0.29) is 5.05 Å². The van der Waals surface area contributed by atoms with Gasteiger partial charge in [0.15, 0.2) is 5.05 Å². The lowest BCUT2D eigenvalue weighted by Crippen LogP contribution is -2.27. The van der Waals surface area contributed by atoms with Gasteiger partial charge in [-0.15, -0.1) is 0 Å². The van der Waals surface area contributed by atoms with Crippen molar-refractivity contribution in [3.8, 4) is 0 Å². The van der Waals surface area contributed by atoms with E-state index in [1.807, 2.05) is 11.9 Å². The van der Waals surface area contributed by atoms with Gasteiger partial charge < -0.3 is 10.4 Å². The summed E-state index contributed by atoms with van der Waals surface area (Å²) in [6, 6.07) is 0.567. The molecular formula is C10H22N2OS. The number of nitrogens with one attached hydrogen (secondary N) is 1. The maximum Gasteiger partial charge on any atom is 0.170 e. The maximum absolute atomic E-state index is 8.88. The van der Waals surface area contributed by atoms with Crippen molar-refractivity contribution in [2.75, 3.05) is 26.7 Å². The summed E-state index contributed by atoms with van der Waals surface area (Å²) in [6.45, 7) is 6.86. The highest BCUT2D eigenvalue weighted by molar-refractivity contribution is 7.80. The molecule has 0 spiro atoms. The van der Waals surface area contributed by atoms with E-state index in [0.29, 0.717) is 12.6 Å². The number of rotatable bonds is 8. The van der Waals surface area contributed by atoms with Gasteiger partial charge in [0.05, 0.1) is 6.54 Å². The van der Waals surface area contributed by atoms with Crippen molar-refractivity contribution in [2.24, 2.45) is 0 Å². The summed E-state index contributed by atoms with van der Waals surface area (Å²) in [4.78, 5) is 2.04. The van der Waals surface area contributed by atoms with Crippen molar-refractivity contribution >= 4 is 17.3 Å². The maximum atomic E-state index is 8.88. The molecule has 84 valence electrons. The number of nitrogens with zero attached hydrogens (tertiary/aromatic N) is 1. The van der Waals surface area contributed by atoms with Gasteiger partial charge in [-0.3, -0.25) is 4.90 Å². The van der Waals surface area contributed by atoms with Crippen LogP contribution in [0.4, 0.5) is 0 Å². The first kappa shape index (κ1) is 13.8. The fourth-order valence-electron chi connectivity index (χ4n) is 1.21. The smallest absolute Gasteiger partial charge is 0.170 e. The number of thiocarbonyl (C=S) groups is 1. The first-order valence-corrected chi connectivity index (χ1v) is 5.57. The third-order valence-corrected chi connectivity index (χ3v) is 2.05. The molecule has 0 atom stereocenters. The van der Waals surface area contributed by atoms with Crippen molar-refractivity contribution in [3.05, 3.63) is 0 Å². The molecule has 0 aliphatic rings. The van der Waals surface area contributed by atoms with Gasteiger partial charge in [0.25, 0.3) is 0 Å². The number of hydrogen-bond donors (Lipinski definition) is 2. The lowest BCUT2D eigenvalue weighted by molar-refractivity contribution is 0.349. The molecule has 0 fully saturated rings. The third kappa shape index (κ3) is 9.89. The molecule has 2 N–H and O–H groups in total. The van der Waals surface area contributed by atoms with Gasteiger partial charge in [-0.25, -0.2) is 0 Å². The second-order valence-electron chi connectivity index (χ2n) is 3.95. The predicted octanol–water partition coefficient (Wildman–Crippen LogP) is 1.58. The van der Waals surface area contributed by atoms with Crippen LogP contribution < -0.4 is 5.32 Å². The lowest BCUT2D eigenvalue weighted by Gasteiger charge is -2.15. The predicted molar refractivity (Wildman–Crippen MR) is 65.1 cm³/mol. The van der Waals surface area contributed by atoms with Crippen molar-refractivity contribution < 1.29 is 5.11 Å². The zero-order valence-electron chi connectivity index (χ0n) is 9.42. The molecule has 0 aliphatic carbocycles.